The summed E-state index contributed by atoms with van der Waals surface area (Å²) in [7, 11) is 0. The first-order chi connectivity index (χ1) is 8.81. The first kappa shape index (κ1) is 17.6. The Morgan fingerprint density at radius 3 is 1.89 bits per heavy atom. The molecule has 0 amide bonds. The van der Waals surface area contributed by atoms with Gasteiger partial charge in [-0.2, -0.15) is 0 Å². The molecule has 0 spiro atoms. The van der Waals surface area contributed by atoms with Crippen LogP contribution in [0.1, 0.15) is 84.0 Å². The monoisotopic (exact) mass is 256 g/mol. The second-order valence-corrected chi connectivity index (χ2v) is 5.11. The predicted molar refractivity (Wildman–Crippen MR) is 77.5 cm³/mol. The predicted octanol–water partition coefficient (Wildman–Crippen LogP) is 4.34. The molecule has 18 heavy (non-hydrogen) atoms. The summed E-state index contributed by atoms with van der Waals surface area (Å²) in [5.74, 6) is 0.313. The van der Waals surface area contributed by atoms with Crippen LogP contribution in [0.15, 0.2) is 0 Å². The Morgan fingerprint density at radius 1 is 0.833 bits per heavy atom. The molecule has 0 saturated heterocycles. The molecule has 0 bridgehead atoms. The highest BCUT2D eigenvalue weighted by Gasteiger charge is 2.00. The van der Waals surface area contributed by atoms with Crippen LogP contribution >= 0.6 is 0 Å². The molecule has 0 aliphatic heterocycles. The summed E-state index contributed by atoms with van der Waals surface area (Å²) in [6.07, 6.45) is 13.5. The second kappa shape index (κ2) is 14.7. The molecule has 0 aromatic carbocycles. The Bertz CT molecular complexity index is 183. The molecule has 3 heteroatoms. The first-order valence-electron chi connectivity index (χ1n) is 7.68. The lowest BCUT2D eigenvalue weighted by Crippen LogP contribution is -2.08. The molecular formula is C15H30NO2-. The van der Waals surface area contributed by atoms with E-state index in [9.17, 15) is 10.0 Å². The van der Waals surface area contributed by atoms with Gasteiger partial charge in [-0.05, 0) is 19.4 Å². The van der Waals surface area contributed by atoms with Gasteiger partial charge in [0, 0.05) is 12.8 Å². The molecule has 1 N–H and O–H groups in total. The number of carbonyl (C=O) groups excluding carboxylic acids is 1. The molecule has 0 heterocycles. The van der Waals surface area contributed by atoms with Crippen LogP contribution in [0.5, 0.6) is 0 Å². The van der Waals surface area contributed by atoms with E-state index in [1.165, 1.54) is 51.4 Å². The van der Waals surface area contributed by atoms with E-state index in [1.54, 1.807) is 0 Å². The lowest BCUT2D eigenvalue weighted by Gasteiger charge is -2.06. The number of hydroxylamine groups is 1. The first-order valence-corrected chi connectivity index (χ1v) is 7.68. The van der Waals surface area contributed by atoms with Crippen molar-refractivity contribution in [1.82, 2.24) is 5.48 Å². The van der Waals surface area contributed by atoms with Crippen LogP contribution in [0.25, 0.3) is 0 Å². The molecule has 0 aromatic heterocycles. The van der Waals surface area contributed by atoms with Gasteiger partial charge < -0.3 is 10.7 Å². The second-order valence-electron chi connectivity index (χ2n) is 5.11. The van der Waals surface area contributed by atoms with E-state index in [0.29, 0.717) is 31.6 Å². The highest BCUT2D eigenvalue weighted by Crippen LogP contribution is 2.11. The molecule has 0 aliphatic carbocycles. The molecule has 3 nitrogen and oxygen atoms in total. The van der Waals surface area contributed by atoms with E-state index in [4.69, 9.17) is 0 Å². The quantitative estimate of drug-likeness (QED) is 0.371. The minimum atomic E-state index is 0.313. The fourth-order valence-electron chi connectivity index (χ4n) is 2.12. The van der Waals surface area contributed by atoms with Gasteiger partial charge >= 0.3 is 0 Å². The lowest BCUT2D eigenvalue weighted by atomic mass is 10.0. The van der Waals surface area contributed by atoms with Gasteiger partial charge in [0.1, 0.15) is 5.78 Å². The Kier molecular flexibility index (Phi) is 14.3. The summed E-state index contributed by atoms with van der Waals surface area (Å²) in [6.45, 7) is 2.65. The maximum absolute atomic E-state index is 11.4. The molecule has 108 valence electrons. The van der Waals surface area contributed by atoms with E-state index in [-0.39, 0.29) is 0 Å². The Hall–Kier alpha value is -0.410. The normalized spacial score (nSPS) is 10.8. The van der Waals surface area contributed by atoms with Crippen LogP contribution in [0, 0.1) is 5.21 Å². The van der Waals surface area contributed by atoms with Crippen LogP contribution in [0.3, 0.4) is 0 Å². The Morgan fingerprint density at radius 2 is 1.33 bits per heavy atom. The fraction of sp³-hybridized carbons (Fsp3) is 0.933. The van der Waals surface area contributed by atoms with E-state index in [0.717, 1.165) is 6.42 Å². The van der Waals surface area contributed by atoms with Gasteiger partial charge in [0.15, 0.2) is 0 Å². The zero-order valence-electron chi connectivity index (χ0n) is 12.0. The van der Waals surface area contributed by atoms with Crippen LogP contribution < -0.4 is 5.48 Å². The minimum Gasteiger partial charge on any atom is -0.788 e. The van der Waals surface area contributed by atoms with E-state index >= 15 is 0 Å². The van der Waals surface area contributed by atoms with Gasteiger partial charge in [0.25, 0.3) is 0 Å². The van der Waals surface area contributed by atoms with Crippen molar-refractivity contribution in [3.05, 3.63) is 5.21 Å². The van der Waals surface area contributed by atoms with Crippen molar-refractivity contribution in [2.75, 3.05) is 6.54 Å². The minimum absolute atomic E-state index is 0.313. The molecule has 0 atom stereocenters. The number of hydrogen-bond acceptors (Lipinski definition) is 3. The summed E-state index contributed by atoms with van der Waals surface area (Å²) in [4.78, 5) is 11.4. The van der Waals surface area contributed by atoms with Crippen molar-refractivity contribution >= 4 is 5.78 Å². The van der Waals surface area contributed by atoms with Crippen LogP contribution in [-0.2, 0) is 4.79 Å². The highest BCUT2D eigenvalue weighted by molar-refractivity contribution is 5.78. The van der Waals surface area contributed by atoms with Gasteiger partial charge in [-0.3, -0.25) is 4.79 Å². The molecule has 0 radical (unpaired) electrons. The number of hydrogen-bond donors (Lipinski definition) is 1. The summed E-state index contributed by atoms with van der Waals surface area (Å²) in [6, 6.07) is 0. The number of unbranched alkanes of at least 4 members (excludes halogenated alkanes) is 8. The Labute approximate surface area is 112 Å². The Balaban J connectivity index is 3.08. The number of carbonyl (C=O) groups is 1. The molecule has 0 saturated carbocycles. The lowest BCUT2D eigenvalue weighted by molar-refractivity contribution is -0.119. The molecule has 0 aromatic rings. The van der Waals surface area contributed by atoms with Gasteiger partial charge in [-0.25, -0.2) is 0 Å². The van der Waals surface area contributed by atoms with Gasteiger partial charge in [-0.1, -0.05) is 58.3 Å². The zero-order valence-corrected chi connectivity index (χ0v) is 12.0. The SMILES string of the molecule is CCCCCCCCCCCC(=O)CCCN[O-]. The largest absolute Gasteiger partial charge is 0.788 e. The number of nitrogens with one attached hydrogen (secondary N) is 1. The molecular weight excluding hydrogens is 226 g/mol. The smallest absolute Gasteiger partial charge is 0.132 e. The molecule has 0 rings (SSSR count). The van der Waals surface area contributed by atoms with E-state index in [2.05, 4.69) is 6.92 Å². The molecule has 0 unspecified atom stereocenters. The average Bonchev–Trinajstić information content (AvgIpc) is 2.37. The van der Waals surface area contributed by atoms with Crippen molar-refractivity contribution in [3.63, 3.8) is 0 Å². The average molecular weight is 256 g/mol. The number of rotatable bonds is 14. The summed E-state index contributed by atoms with van der Waals surface area (Å²) in [5, 5.41) is 9.98. The summed E-state index contributed by atoms with van der Waals surface area (Å²) >= 11 is 0. The van der Waals surface area contributed by atoms with Crippen molar-refractivity contribution in [3.8, 4) is 0 Å². The van der Waals surface area contributed by atoms with Crippen molar-refractivity contribution < 1.29 is 4.79 Å². The fourth-order valence-corrected chi connectivity index (χ4v) is 2.12. The van der Waals surface area contributed by atoms with Crippen LogP contribution in [-0.4, -0.2) is 12.3 Å². The topological polar surface area (TPSA) is 52.2 Å². The van der Waals surface area contributed by atoms with E-state index < -0.39 is 0 Å². The summed E-state index contributed by atoms with van der Waals surface area (Å²) in [5.41, 5.74) is 1.83. The maximum atomic E-state index is 11.4. The highest BCUT2D eigenvalue weighted by atomic mass is 16.5. The third kappa shape index (κ3) is 13.7. The van der Waals surface area contributed by atoms with Crippen molar-refractivity contribution in [2.45, 2.75) is 84.0 Å². The third-order valence-electron chi connectivity index (χ3n) is 3.29. The van der Waals surface area contributed by atoms with E-state index in [1.807, 2.05) is 5.48 Å². The zero-order chi connectivity index (χ0) is 13.5. The van der Waals surface area contributed by atoms with Crippen LogP contribution in [0.2, 0.25) is 0 Å². The van der Waals surface area contributed by atoms with Gasteiger partial charge in [0.05, 0.1) is 0 Å². The van der Waals surface area contributed by atoms with Gasteiger partial charge in [0.2, 0.25) is 0 Å². The van der Waals surface area contributed by atoms with Crippen LogP contribution in [0.4, 0.5) is 0 Å². The number of ketones is 1. The standard InChI is InChI=1S/C15H30NO2/c1-2-3-4-5-6-7-8-9-10-12-15(17)13-11-14-16-18/h16H,2-14H2,1H3/q-1. The molecule has 0 aliphatic rings. The maximum Gasteiger partial charge on any atom is 0.132 e. The number of Topliss-reactive ketones (excluding diaryl/α,β-unsaturated/α-hetero) is 1. The molecule has 0 fully saturated rings. The van der Waals surface area contributed by atoms with Crippen molar-refractivity contribution in [2.24, 2.45) is 0 Å². The van der Waals surface area contributed by atoms with Gasteiger partial charge in [-0.15, -0.1) is 0 Å². The van der Waals surface area contributed by atoms with Crippen molar-refractivity contribution in [1.29, 1.82) is 0 Å². The third-order valence-corrected chi connectivity index (χ3v) is 3.29. The summed E-state index contributed by atoms with van der Waals surface area (Å²) < 4.78 is 0.